The third-order valence-electron chi connectivity index (χ3n) is 3.62. The van der Waals surface area contributed by atoms with Crippen molar-refractivity contribution < 1.29 is 23.1 Å². The third kappa shape index (κ3) is 3.46. The summed E-state index contributed by atoms with van der Waals surface area (Å²) in [6.07, 6.45) is 1.75. The first-order chi connectivity index (χ1) is 9.73. The zero-order chi connectivity index (χ0) is 15.7. The molecule has 0 amide bonds. The Hall–Kier alpha value is -1.77. The molecule has 0 spiro atoms. The number of hydrogen-bond donors (Lipinski definition) is 2. The molecule has 3 heterocycles. The van der Waals surface area contributed by atoms with Crippen molar-refractivity contribution >= 4 is 5.97 Å². The Kier molecular flexibility index (Phi) is 4.13. The molecule has 0 radical (unpaired) electrons. The number of rotatable bonds is 1. The van der Waals surface area contributed by atoms with Gasteiger partial charge in [0.05, 0.1) is 5.54 Å². The predicted octanol–water partition coefficient (Wildman–Crippen LogP) is 1.49. The topological polar surface area (TPSA) is 88.0 Å². The van der Waals surface area contributed by atoms with Crippen molar-refractivity contribution in [2.75, 3.05) is 0 Å². The van der Waals surface area contributed by atoms with E-state index in [1.54, 1.807) is 12.7 Å². The van der Waals surface area contributed by atoms with Gasteiger partial charge in [-0.2, -0.15) is 13.2 Å². The van der Waals surface area contributed by atoms with E-state index >= 15 is 0 Å². The van der Waals surface area contributed by atoms with Gasteiger partial charge >= 0.3 is 12.1 Å². The van der Waals surface area contributed by atoms with Crippen LogP contribution in [0.3, 0.4) is 0 Å². The minimum atomic E-state index is -5.08. The standard InChI is InChI=1S/C10H14N4.C2HF3O2/c1-7-2-8-4-10(3-7,14-8)9-12-5-11-6-13-9;3-2(4,5)1(6)7/h5-8,14H,2-4H2,1H3;(H,6,7). The van der Waals surface area contributed by atoms with E-state index in [2.05, 4.69) is 27.2 Å². The fourth-order valence-corrected chi connectivity index (χ4v) is 2.97. The van der Waals surface area contributed by atoms with Crippen molar-refractivity contribution in [2.45, 2.75) is 43.9 Å². The summed E-state index contributed by atoms with van der Waals surface area (Å²) in [4.78, 5) is 21.3. The molecule has 3 aliphatic rings. The quantitative estimate of drug-likeness (QED) is 0.817. The van der Waals surface area contributed by atoms with Gasteiger partial charge in [-0.05, 0) is 25.2 Å². The van der Waals surface area contributed by atoms with Gasteiger partial charge < -0.3 is 10.4 Å². The first-order valence-corrected chi connectivity index (χ1v) is 6.43. The van der Waals surface area contributed by atoms with Crippen LogP contribution in [-0.4, -0.2) is 38.2 Å². The average Bonchev–Trinajstić information content (AvgIpc) is 2.37. The maximum Gasteiger partial charge on any atom is 0.490 e. The van der Waals surface area contributed by atoms with Crippen LogP contribution in [0.4, 0.5) is 13.2 Å². The van der Waals surface area contributed by atoms with E-state index in [1.807, 2.05) is 0 Å². The molecule has 21 heavy (non-hydrogen) atoms. The Morgan fingerprint density at radius 1 is 1.38 bits per heavy atom. The maximum atomic E-state index is 10.6. The number of piperidine rings is 1. The van der Waals surface area contributed by atoms with Crippen LogP contribution in [0.5, 0.6) is 0 Å². The number of alkyl halides is 3. The number of aliphatic carboxylic acids is 1. The number of aromatic nitrogens is 3. The third-order valence-corrected chi connectivity index (χ3v) is 3.62. The summed E-state index contributed by atoms with van der Waals surface area (Å²) < 4.78 is 31.7. The molecule has 3 fully saturated rings. The first-order valence-electron chi connectivity index (χ1n) is 6.43. The number of carboxylic acid groups (broad SMARTS) is 1. The van der Waals surface area contributed by atoms with Crippen LogP contribution >= 0.6 is 0 Å². The van der Waals surface area contributed by atoms with Crippen molar-refractivity contribution in [3.8, 4) is 0 Å². The van der Waals surface area contributed by atoms with Gasteiger partial charge in [0.2, 0.25) is 0 Å². The van der Waals surface area contributed by atoms with Crippen molar-refractivity contribution in [3.05, 3.63) is 18.5 Å². The van der Waals surface area contributed by atoms with E-state index in [1.165, 1.54) is 12.8 Å². The summed E-state index contributed by atoms with van der Waals surface area (Å²) in [5, 5.41) is 10.7. The van der Waals surface area contributed by atoms with Gasteiger partial charge in [-0.15, -0.1) is 0 Å². The molecule has 9 heteroatoms. The number of hydrogen-bond acceptors (Lipinski definition) is 5. The summed E-state index contributed by atoms with van der Waals surface area (Å²) in [6, 6.07) is 0.690. The first kappa shape index (κ1) is 15.6. The highest BCUT2D eigenvalue weighted by molar-refractivity contribution is 5.73. The molecule has 1 saturated carbocycles. The summed E-state index contributed by atoms with van der Waals surface area (Å²) >= 11 is 0. The Bertz CT molecular complexity index is 503. The van der Waals surface area contributed by atoms with Crippen LogP contribution in [0, 0.1) is 5.92 Å². The van der Waals surface area contributed by atoms with Gasteiger partial charge in [-0.25, -0.2) is 19.7 Å². The molecule has 1 aliphatic carbocycles. The van der Waals surface area contributed by atoms with Crippen LogP contribution in [0.25, 0.3) is 0 Å². The number of nitrogens with one attached hydrogen (secondary N) is 1. The van der Waals surface area contributed by atoms with Crippen molar-refractivity contribution in [1.82, 2.24) is 20.3 Å². The van der Waals surface area contributed by atoms with Crippen LogP contribution in [0.15, 0.2) is 12.7 Å². The second-order valence-electron chi connectivity index (χ2n) is 5.44. The molecule has 2 aliphatic heterocycles. The average molecular weight is 304 g/mol. The van der Waals surface area contributed by atoms with Crippen LogP contribution in [-0.2, 0) is 10.3 Å². The Morgan fingerprint density at radius 2 is 1.90 bits per heavy atom. The number of carbonyl (C=O) groups is 1. The van der Waals surface area contributed by atoms with Crippen LogP contribution < -0.4 is 5.32 Å². The van der Waals surface area contributed by atoms with Crippen molar-refractivity contribution in [1.29, 1.82) is 0 Å². The molecule has 6 nitrogen and oxygen atoms in total. The molecule has 1 aromatic heterocycles. The molecule has 3 atom stereocenters. The summed E-state index contributed by atoms with van der Waals surface area (Å²) in [6.45, 7) is 2.31. The summed E-state index contributed by atoms with van der Waals surface area (Å²) in [5.74, 6) is -1.05. The molecule has 3 unspecified atom stereocenters. The fraction of sp³-hybridized carbons (Fsp3) is 0.667. The predicted molar refractivity (Wildman–Crippen MR) is 65.1 cm³/mol. The van der Waals surface area contributed by atoms with Crippen LogP contribution in [0.1, 0.15) is 32.0 Å². The minimum Gasteiger partial charge on any atom is -0.475 e. The number of carboxylic acids is 1. The van der Waals surface area contributed by atoms with E-state index in [4.69, 9.17) is 9.90 Å². The molecule has 1 aromatic rings. The van der Waals surface area contributed by atoms with E-state index < -0.39 is 12.1 Å². The second kappa shape index (κ2) is 5.55. The highest BCUT2D eigenvalue weighted by Gasteiger charge is 2.51. The monoisotopic (exact) mass is 304 g/mol. The lowest BCUT2D eigenvalue weighted by molar-refractivity contribution is -0.192. The molecule has 2 N–H and O–H groups in total. The lowest BCUT2D eigenvalue weighted by atomic mass is 9.66. The smallest absolute Gasteiger partial charge is 0.475 e. The number of fused-ring (bicyclic) bond motifs is 2. The zero-order valence-corrected chi connectivity index (χ0v) is 11.3. The molecule has 116 valence electrons. The van der Waals surface area contributed by atoms with Crippen molar-refractivity contribution in [2.24, 2.45) is 5.92 Å². The van der Waals surface area contributed by atoms with Gasteiger partial charge in [-0.3, -0.25) is 0 Å². The van der Waals surface area contributed by atoms with Gasteiger partial charge in [0.25, 0.3) is 0 Å². The molecule has 2 saturated heterocycles. The Labute approximate surface area is 118 Å². The Morgan fingerprint density at radius 3 is 2.33 bits per heavy atom. The minimum absolute atomic E-state index is 0.0747. The lowest BCUT2D eigenvalue weighted by Crippen LogP contribution is -2.66. The second-order valence-corrected chi connectivity index (χ2v) is 5.44. The Balaban J connectivity index is 0.000000199. The number of nitrogens with zero attached hydrogens (tertiary/aromatic N) is 3. The maximum absolute atomic E-state index is 10.6. The normalized spacial score (nSPS) is 30.7. The van der Waals surface area contributed by atoms with Gasteiger partial charge in [0.15, 0.2) is 5.82 Å². The molecular formula is C12H15F3N4O2. The van der Waals surface area contributed by atoms with Crippen molar-refractivity contribution in [3.63, 3.8) is 0 Å². The van der Waals surface area contributed by atoms with E-state index in [9.17, 15) is 13.2 Å². The largest absolute Gasteiger partial charge is 0.490 e. The molecule has 4 rings (SSSR count). The number of halogens is 3. The molecular weight excluding hydrogens is 289 g/mol. The SMILES string of the molecule is CC1CC2CC(c3ncncn3)(C1)N2.O=C(O)C(F)(F)F. The summed E-state index contributed by atoms with van der Waals surface area (Å²) in [7, 11) is 0. The highest BCUT2D eigenvalue weighted by atomic mass is 19.4. The van der Waals surface area contributed by atoms with Gasteiger partial charge in [0.1, 0.15) is 12.7 Å². The summed E-state index contributed by atoms with van der Waals surface area (Å²) in [5.41, 5.74) is 0.0747. The fourth-order valence-electron chi connectivity index (χ4n) is 2.97. The zero-order valence-electron chi connectivity index (χ0n) is 11.3. The van der Waals surface area contributed by atoms with Gasteiger partial charge in [-0.1, -0.05) is 6.92 Å². The van der Waals surface area contributed by atoms with Crippen LogP contribution in [0.2, 0.25) is 0 Å². The lowest BCUT2D eigenvalue weighted by Gasteiger charge is -2.54. The van der Waals surface area contributed by atoms with E-state index in [0.717, 1.165) is 18.2 Å². The van der Waals surface area contributed by atoms with E-state index in [-0.39, 0.29) is 5.54 Å². The van der Waals surface area contributed by atoms with Gasteiger partial charge in [0, 0.05) is 6.04 Å². The van der Waals surface area contributed by atoms with E-state index in [0.29, 0.717) is 6.04 Å². The molecule has 0 aromatic carbocycles. The molecule has 2 bridgehead atoms. The highest BCUT2D eigenvalue weighted by Crippen LogP contribution is 2.46.